The maximum atomic E-state index is 14.5. The number of anilines is 1. The zero-order valence-electron chi connectivity index (χ0n) is 24.2. The average Bonchev–Trinajstić information content (AvgIpc) is 3.51. The zero-order valence-corrected chi connectivity index (χ0v) is 25.9. The molecule has 2 N–H and O–H groups in total. The topological polar surface area (TPSA) is 123 Å². The summed E-state index contributed by atoms with van der Waals surface area (Å²) in [4.78, 5) is 35.5. The highest BCUT2D eigenvalue weighted by Gasteiger charge is 2.38. The van der Waals surface area contributed by atoms with E-state index in [1.54, 1.807) is 22.9 Å². The number of aromatic nitrogens is 4. The molecule has 1 aliphatic heterocycles. The number of benzene rings is 4. The van der Waals surface area contributed by atoms with Crippen molar-refractivity contribution in [2.45, 2.75) is 18.9 Å². The molecule has 12 heteroatoms. The predicted molar refractivity (Wildman–Crippen MR) is 178 cm³/mol. The van der Waals surface area contributed by atoms with Crippen molar-refractivity contribution in [2.75, 3.05) is 17.7 Å². The molecule has 226 valence electrons. The number of nitrogens with two attached hydrogens (primary N) is 1. The number of halogens is 1. The number of tetrazole rings is 1. The highest BCUT2D eigenvalue weighted by Crippen LogP contribution is 2.34. The largest absolute Gasteiger partial charge is 0.319 e. The van der Waals surface area contributed by atoms with Crippen LogP contribution in [0, 0.1) is 0 Å². The molecule has 2 atom stereocenters. The van der Waals surface area contributed by atoms with Gasteiger partial charge in [0.2, 0.25) is 12.1 Å². The number of amides is 2. The Bertz CT molecular complexity index is 1880. The summed E-state index contributed by atoms with van der Waals surface area (Å²) in [6.45, 7) is -0.0757. The summed E-state index contributed by atoms with van der Waals surface area (Å²) in [5, 5.41) is 13.1. The molecule has 0 radical (unpaired) electrons. The van der Waals surface area contributed by atoms with E-state index in [2.05, 4.69) is 28.2 Å². The quantitative estimate of drug-likeness (QED) is 0.241. The number of nitrogens with zero attached hydrogens (tertiary/aromatic N) is 7. The van der Waals surface area contributed by atoms with E-state index >= 15 is 0 Å². The third-order valence-corrected chi connectivity index (χ3v) is 8.21. The monoisotopic (exact) mass is 636 g/mol. The van der Waals surface area contributed by atoms with Crippen LogP contribution < -0.4 is 10.6 Å². The molecule has 0 bridgehead atoms. The van der Waals surface area contributed by atoms with Crippen LogP contribution in [-0.2, 0) is 16.3 Å². The number of fused-ring (bicyclic) bond motifs is 1. The Morgan fingerprint density at radius 1 is 0.933 bits per heavy atom. The first-order valence-corrected chi connectivity index (χ1v) is 15.2. The van der Waals surface area contributed by atoms with E-state index in [4.69, 9.17) is 22.3 Å². The van der Waals surface area contributed by atoms with Gasteiger partial charge in [-0.05, 0) is 39.8 Å². The van der Waals surface area contributed by atoms with Gasteiger partial charge in [-0.1, -0.05) is 96.5 Å². The van der Waals surface area contributed by atoms with E-state index in [9.17, 15) is 9.59 Å². The predicted octanol–water partition coefficient (Wildman–Crippen LogP) is 4.54. The lowest BCUT2D eigenvalue weighted by Gasteiger charge is -2.30. The van der Waals surface area contributed by atoms with Crippen molar-refractivity contribution >= 4 is 47.4 Å². The highest BCUT2D eigenvalue weighted by molar-refractivity contribution is 7.80. The number of aliphatic imine (C=N–C) groups is 1. The number of carbonyl (C=O) groups is 2. The zero-order chi connectivity index (χ0) is 31.5. The summed E-state index contributed by atoms with van der Waals surface area (Å²) in [7, 11) is 1.51. The molecule has 0 saturated heterocycles. The fraction of sp³-hybridized carbons (Fsp3) is 0.152. The van der Waals surface area contributed by atoms with Crippen LogP contribution >= 0.6 is 24.2 Å². The molecule has 2 amide bonds. The molecule has 0 fully saturated rings. The molecule has 45 heavy (non-hydrogen) atoms. The number of hydrogen-bond donors (Lipinski definition) is 2. The number of thiol groups is 1. The van der Waals surface area contributed by atoms with Crippen molar-refractivity contribution in [1.82, 2.24) is 25.1 Å². The van der Waals surface area contributed by atoms with Gasteiger partial charge in [0.05, 0.1) is 17.4 Å². The van der Waals surface area contributed by atoms with Crippen molar-refractivity contribution in [3.63, 3.8) is 0 Å². The minimum absolute atomic E-state index is 0.0757. The Morgan fingerprint density at radius 2 is 1.58 bits per heavy atom. The maximum absolute atomic E-state index is 14.5. The second kappa shape index (κ2) is 13.0. The van der Waals surface area contributed by atoms with E-state index in [0.717, 1.165) is 22.3 Å². The van der Waals surface area contributed by atoms with E-state index in [1.807, 2.05) is 84.9 Å². The van der Waals surface area contributed by atoms with Crippen LogP contribution in [0.5, 0.6) is 0 Å². The molecule has 1 aliphatic rings. The van der Waals surface area contributed by atoms with Crippen molar-refractivity contribution in [2.24, 2.45) is 10.7 Å². The molecule has 0 saturated carbocycles. The Hall–Kier alpha value is -4.84. The lowest BCUT2D eigenvalue weighted by molar-refractivity contribution is -0.138. The number of carbonyl (C=O) groups excluding carboxylic acids is 2. The Balaban J connectivity index is 1.49. The molecule has 2 heterocycles. The Labute approximate surface area is 270 Å². The highest BCUT2D eigenvalue weighted by atomic mass is 35.5. The summed E-state index contributed by atoms with van der Waals surface area (Å²) < 4.78 is 1.56. The van der Waals surface area contributed by atoms with Crippen molar-refractivity contribution < 1.29 is 9.59 Å². The average molecular weight is 637 g/mol. The third-order valence-electron chi connectivity index (χ3n) is 7.58. The number of rotatable bonds is 8. The van der Waals surface area contributed by atoms with Crippen LogP contribution in [-0.4, -0.2) is 67.6 Å². The van der Waals surface area contributed by atoms with E-state index < -0.39 is 24.0 Å². The summed E-state index contributed by atoms with van der Waals surface area (Å²) in [5.41, 5.74) is 11.2. The van der Waals surface area contributed by atoms with E-state index in [-0.39, 0.29) is 12.4 Å². The molecule has 6 rings (SSSR count). The molecular weight excluding hydrogens is 608 g/mol. The van der Waals surface area contributed by atoms with E-state index in [1.165, 1.54) is 16.8 Å². The minimum atomic E-state index is -1.25. The van der Waals surface area contributed by atoms with Crippen molar-refractivity contribution in [1.29, 1.82) is 0 Å². The molecule has 10 nitrogen and oxygen atoms in total. The van der Waals surface area contributed by atoms with Gasteiger partial charge >= 0.3 is 0 Å². The van der Waals surface area contributed by atoms with Gasteiger partial charge in [0, 0.05) is 34.5 Å². The van der Waals surface area contributed by atoms with Crippen LogP contribution in [0.15, 0.2) is 108 Å². The number of likely N-dealkylation sites (N-methyl/N-ethyl adjacent to an activating group) is 1. The first-order valence-electron chi connectivity index (χ1n) is 14.2. The first kappa shape index (κ1) is 30.2. The van der Waals surface area contributed by atoms with Crippen LogP contribution in [0.4, 0.5) is 5.69 Å². The molecule has 0 aliphatic carbocycles. The fourth-order valence-electron chi connectivity index (χ4n) is 5.30. The summed E-state index contributed by atoms with van der Waals surface area (Å²) in [5.74, 6) is -0.370. The van der Waals surface area contributed by atoms with Crippen LogP contribution in [0.1, 0.15) is 11.1 Å². The molecule has 0 spiro atoms. The fourth-order valence-corrected chi connectivity index (χ4v) is 5.63. The van der Waals surface area contributed by atoms with Crippen LogP contribution in [0.3, 0.4) is 0 Å². The summed E-state index contributed by atoms with van der Waals surface area (Å²) in [6, 6.07) is 31.5. The minimum Gasteiger partial charge on any atom is -0.319 e. The second-order valence-corrected chi connectivity index (χ2v) is 11.2. The molecular formula is C33H29ClN8O2S. The van der Waals surface area contributed by atoms with E-state index in [0.29, 0.717) is 27.8 Å². The van der Waals surface area contributed by atoms with Gasteiger partial charge < -0.3 is 10.6 Å². The summed E-state index contributed by atoms with van der Waals surface area (Å²) in [6.07, 6.45) is -1.25. The SMILES string of the molecule is CN(C(=O)C(N)CS)C1N=C(c2ccccc2)c2cc(Cl)ccc2N(Cn2nnnc2-c2ccccc2-c2ccccc2)C1=O. The van der Waals surface area contributed by atoms with Crippen molar-refractivity contribution in [3.8, 4) is 22.5 Å². The van der Waals surface area contributed by atoms with Crippen LogP contribution in [0.2, 0.25) is 5.02 Å². The van der Waals surface area contributed by atoms with Gasteiger partial charge in [-0.25, -0.2) is 9.67 Å². The lowest BCUT2D eigenvalue weighted by Crippen LogP contribution is -2.53. The maximum Gasteiger partial charge on any atom is 0.274 e. The van der Waals surface area contributed by atoms with Gasteiger partial charge in [-0.2, -0.15) is 12.6 Å². The van der Waals surface area contributed by atoms with Gasteiger partial charge in [0.15, 0.2) is 5.82 Å². The standard InChI is InChI=1S/C33H29ClN8O2S/c1-40(32(43)27(35)19-45)31-33(44)41(28-17-16-23(34)18-26(28)29(36-31)22-12-6-3-7-13-22)20-42-30(37-38-39-42)25-15-9-8-14-24(25)21-10-4-2-5-11-21/h2-18,27,31,45H,19-20,35H2,1H3. The Kier molecular flexibility index (Phi) is 8.74. The van der Waals surface area contributed by atoms with Gasteiger partial charge in [0.1, 0.15) is 6.67 Å². The smallest absolute Gasteiger partial charge is 0.274 e. The molecule has 1 aromatic heterocycles. The molecule has 4 aromatic carbocycles. The van der Waals surface area contributed by atoms with Crippen LogP contribution in [0.25, 0.3) is 22.5 Å². The van der Waals surface area contributed by atoms with Gasteiger partial charge in [-0.15, -0.1) is 5.10 Å². The Morgan fingerprint density at radius 3 is 2.27 bits per heavy atom. The second-order valence-electron chi connectivity index (χ2n) is 10.4. The van der Waals surface area contributed by atoms with Gasteiger partial charge in [-0.3, -0.25) is 14.5 Å². The summed E-state index contributed by atoms with van der Waals surface area (Å²) >= 11 is 10.7. The lowest BCUT2D eigenvalue weighted by atomic mass is 9.99. The first-order chi connectivity index (χ1) is 21.9. The van der Waals surface area contributed by atoms with Gasteiger partial charge in [0.25, 0.3) is 5.91 Å². The normalized spacial score (nSPS) is 15.2. The van der Waals surface area contributed by atoms with Crippen molar-refractivity contribution in [3.05, 3.63) is 119 Å². The molecule has 5 aromatic rings. The number of benzodiazepines with no additional fused rings is 1. The molecule has 2 unspecified atom stereocenters. The third kappa shape index (κ3) is 5.97. The number of hydrogen-bond acceptors (Lipinski definition) is 8.